The molecule has 8 nitrogen and oxygen atoms in total. The molecule has 5 rings (SSSR count). The molecule has 1 amide bonds. The average Bonchev–Trinajstić information content (AvgIpc) is 3.16. The molecule has 0 aliphatic rings. The van der Waals surface area contributed by atoms with Crippen molar-refractivity contribution in [3.63, 3.8) is 0 Å². The molecule has 2 atom stereocenters. The van der Waals surface area contributed by atoms with Crippen molar-refractivity contribution >= 4 is 17.8 Å². The first-order chi connectivity index (χ1) is 25.9. The molecule has 0 heterocycles. The highest BCUT2D eigenvalue weighted by Crippen LogP contribution is 2.33. The van der Waals surface area contributed by atoms with Crippen LogP contribution in [0.15, 0.2) is 127 Å². The Morgan fingerprint density at radius 1 is 0.611 bits per heavy atom. The molecule has 5 aromatic rings. The number of carbonyl (C=O) groups excluding carboxylic acids is 3. The standard InChI is InChI=1S/C46H49NO7/c1-32(33(2)48)25-39-26-37(21-23-42(39)51-29-34-15-9-6-10-16-34)38-22-24-43(52-30-35-17-11-7-12-18-35)40(27-38)28-41(47-45(50)54-46(3,4)5)44(49)53-31-36-19-13-8-14-20-36/h6-24,26-27,32,41H,25,28-31H2,1-5H3,(H,47,50)/t32-,41-/m0/s1. The monoisotopic (exact) mass is 727 g/mol. The highest BCUT2D eigenvalue weighted by molar-refractivity contribution is 5.82. The summed E-state index contributed by atoms with van der Waals surface area (Å²) in [6.45, 7) is 9.55. The van der Waals surface area contributed by atoms with Gasteiger partial charge in [-0.3, -0.25) is 4.79 Å². The number of ketones is 1. The van der Waals surface area contributed by atoms with Crippen molar-refractivity contribution in [1.82, 2.24) is 5.32 Å². The van der Waals surface area contributed by atoms with E-state index in [0.717, 1.165) is 33.4 Å². The molecule has 0 saturated heterocycles. The number of amides is 1. The van der Waals surface area contributed by atoms with Crippen LogP contribution < -0.4 is 14.8 Å². The van der Waals surface area contributed by atoms with E-state index in [9.17, 15) is 14.4 Å². The maximum absolute atomic E-state index is 13.7. The largest absolute Gasteiger partial charge is 0.489 e. The van der Waals surface area contributed by atoms with E-state index >= 15 is 0 Å². The van der Waals surface area contributed by atoms with Gasteiger partial charge in [-0.05, 0) is 97.3 Å². The van der Waals surface area contributed by atoms with Crippen LogP contribution in [-0.2, 0) is 51.7 Å². The van der Waals surface area contributed by atoms with Gasteiger partial charge in [-0.1, -0.05) is 110 Å². The quantitative estimate of drug-likeness (QED) is 0.101. The second-order valence-corrected chi connectivity index (χ2v) is 14.4. The number of hydrogen-bond acceptors (Lipinski definition) is 7. The highest BCUT2D eigenvalue weighted by atomic mass is 16.6. The smallest absolute Gasteiger partial charge is 0.408 e. The number of nitrogens with one attached hydrogen (secondary N) is 1. The van der Waals surface area contributed by atoms with Crippen LogP contribution in [-0.4, -0.2) is 29.5 Å². The van der Waals surface area contributed by atoms with Crippen molar-refractivity contribution in [2.75, 3.05) is 0 Å². The Kier molecular flexibility index (Phi) is 13.6. The Labute approximate surface area is 318 Å². The lowest BCUT2D eigenvalue weighted by atomic mass is 9.93. The minimum atomic E-state index is -1.08. The minimum absolute atomic E-state index is 0.0454. The summed E-state index contributed by atoms with van der Waals surface area (Å²) in [4.78, 5) is 39.1. The molecule has 0 fully saturated rings. The third kappa shape index (κ3) is 12.1. The van der Waals surface area contributed by atoms with Crippen LogP contribution in [0, 0.1) is 5.92 Å². The molecule has 0 bridgehead atoms. The number of esters is 1. The van der Waals surface area contributed by atoms with E-state index < -0.39 is 23.7 Å². The Bertz CT molecular complexity index is 1990. The van der Waals surface area contributed by atoms with Gasteiger partial charge in [0.25, 0.3) is 0 Å². The van der Waals surface area contributed by atoms with Crippen LogP contribution in [0.1, 0.15) is 62.4 Å². The maximum atomic E-state index is 13.7. The van der Waals surface area contributed by atoms with Gasteiger partial charge in [-0.2, -0.15) is 0 Å². The molecule has 5 aromatic carbocycles. The summed E-state index contributed by atoms with van der Waals surface area (Å²) in [7, 11) is 0. The first-order valence-corrected chi connectivity index (χ1v) is 18.2. The lowest BCUT2D eigenvalue weighted by Gasteiger charge is -2.24. The zero-order valence-electron chi connectivity index (χ0n) is 31.7. The fourth-order valence-electron chi connectivity index (χ4n) is 5.76. The normalized spacial score (nSPS) is 12.2. The number of rotatable bonds is 16. The van der Waals surface area contributed by atoms with Crippen LogP contribution in [0.3, 0.4) is 0 Å². The summed E-state index contributed by atoms with van der Waals surface area (Å²) in [5.74, 6) is 0.554. The van der Waals surface area contributed by atoms with E-state index in [1.807, 2.05) is 134 Å². The van der Waals surface area contributed by atoms with Crippen molar-refractivity contribution in [1.29, 1.82) is 0 Å². The van der Waals surface area contributed by atoms with E-state index in [0.29, 0.717) is 36.7 Å². The van der Waals surface area contributed by atoms with Crippen LogP contribution in [0.25, 0.3) is 11.1 Å². The molecule has 0 aromatic heterocycles. The summed E-state index contributed by atoms with van der Waals surface area (Å²) in [6, 6.07) is 39.8. The summed E-state index contributed by atoms with van der Waals surface area (Å²) in [5.41, 5.74) is 5.41. The SMILES string of the molecule is CC(=O)[C@@H](C)Cc1cc(-c2ccc(OCc3ccccc3)c(C[C@H](NC(=O)OC(C)(C)C)C(=O)OCc3ccccc3)c2)ccc1OCc1ccccc1. The van der Waals surface area contributed by atoms with Gasteiger partial charge in [-0.15, -0.1) is 0 Å². The van der Waals surface area contributed by atoms with E-state index in [4.69, 9.17) is 18.9 Å². The predicted octanol–water partition coefficient (Wildman–Crippen LogP) is 9.46. The van der Waals surface area contributed by atoms with Gasteiger partial charge in [-0.25, -0.2) is 9.59 Å². The second-order valence-electron chi connectivity index (χ2n) is 14.4. The number of alkyl carbamates (subject to hydrolysis) is 1. The topological polar surface area (TPSA) is 100 Å². The van der Waals surface area contributed by atoms with Crippen molar-refractivity contribution in [3.8, 4) is 22.6 Å². The van der Waals surface area contributed by atoms with Crippen LogP contribution in [0.5, 0.6) is 11.5 Å². The number of Topliss-reactive ketones (excluding diaryl/α,β-unsaturated/α-hetero) is 1. The second kappa shape index (κ2) is 18.7. The van der Waals surface area contributed by atoms with Gasteiger partial charge < -0.3 is 24.3 Å². The first kappa shape index (κ1) is 39.3. The minimum Gasteiger partial charge on any atom is -0.489 e. The number of carbonyl (C=O) groups is 3. The molecule has 1 N–H and O–H groups in total. The van der Waals surface area contributed by atoms with Gasteiger partial charge >= 0.3 is 12.1 Å². The number of benzene rings is 5. The fourth-order valence-corrected chi connectivity index (χ4v) is 5.76. The predicted molar refractivity (Wildman–Crippen MR) is 210 cm³/mol. The van der Waals surface area contributed by atoms with E-state index in [2.05, 4.69) is 5.32 Å². The third-order valence-electron chi connectivity index (χ3n) is 8.77. The summed E-state index contributed by atoms with van der Waals surface area (Å²) >= 11 is 0. The summed E-state index contributed by atoms with van der Waals surface area (Å²) in [5, 5.41) is 2.75. The molecule has 0 spiro atoms. The Morgan fingerprint density at radius 3 is 1.50 bits per heavy atom. The lowest BCUT2D eigenvalue weighted by molar-refractivity contribution is -0.147. The average molecular weight is 728 g/mol. The van der Waals surface area contributed by atoms with Crippen LogP contribution in [0.2, 0.25) is 0 Å². The number of hydrogen-bond donors (Lipinski definition) is 1. The van der Waals surface area contributed by atoms with Gasteiger partial charge in [0.05, 0.1) is 0 Å². The molecule has 280 valence electrons. The summed E-state index contributed by atoms with van der Waals surface area (Å²) < 4.78 is 23.9. The van der Waals surface area contributed by atoms with Crippen molar-refractivity contribution in [3.05, 3.63) is 155 Å². The lowest BCUT2D eigenvalue weighted by Crippen LogP contribution is -2.45. The van der Waals surface area contributed by atoms with E-state index in [1.54, 1.807) is 27.7 Å². The molecule has 0 aliphatic carbocycles. The number of ether oxygens (including phenoxy) is 4. The zero-order chi connectivity index (χ0) is 38.5. The molecular weight excluding hydrogens is 679 g/mol. The van der Waals surface area contributed by atoms with E-state index in [1.165, 1.54) is 0 Å². The highest BCUT2D eigenvalue weighted by Gasteiger charge is 2.28. The molecule has 54 heavy (non-hydrogen) atoms. The first-order valence-electron chi connectivity index (χ1n) is 18.2. The molecule has 0 unspecified atom stereocenters. The van der Waals surface area contributed by atoms with Crippen molar-refractivity contribution in [2.24, 2.45) is 5.92 Å². The summed E-state index contributed by atoms with van der Waals surface area (Å²) in [6.07, 6.45) is -0.160. The fraction of sp³-hybridized carbons (Fsp3) is 0.283. The molecule has 0 radical (unpaired) electrons. The van der Waals surface area contributed by atoms with Gasteiger partial charge in [0.1, 0.15) is 48.7 Å². The van der Waals surface area contributed by atoms with E-state index in [-0.39, 0.29) is 24.7 Å². The Morgan fingerprint density at radius 2 is 1.06 bits per heavy atom. The van der Waals surface area contributed by atoms with Crippen LogP contribution >= 0.6 is 0 Å². The molecule has 0 aliphatic heterocycles. The Balaban J connectivity index is 1.49. The Hall–Kier alpha value is -5.89. The third-order valence-corrected chi connectivity index (χ3v) is 8.77. The molecular formula is C46H49NO7. The van der Waals surface area contributed by atoms with Crippen molar-refractivity contribution in [2.45, 2.75) is 78.9 Å². The van der Waals surface area contributed by atoms with Crippen LogP contribution in [0.4, 0.5) is 4.79 Å². The van der Waals surface area contributed by atoms with Gasteiger partial charge in [0.2, 0.25) is 0 Å². The molecule has 0 saturated carbocycles. The molecule has 8 heteroatoms. The van der Waals surface area contributed by atoms with Gasteiger partial charge in [0.15, 0.2) is 0 Å². The van der Waals surface area contributed by atoms with Gasteiger partial charge in [0, 0.05) is 12.3 Å². The maximum Gasteiger partial charge on any atom is 0.408 e. The zero-order valence-corrected chi connectivity index (χ0v) is 31.7. The van der Waals surface area contributed by atoms with Crippen molar-refractivity contribution < 1.29 is 33.3 Å².